The molecule has 0 amide bonds. The van der Waals surface area contributed by atoms with Gasteiger partial charge in [-0.2, -0.15) is 0 Å². The average molecular weight is 664 g/mol. The van der Waals surface area contributed by atoms with Crippen molar-refractivity contribution < 1.29 is 18.6 Å². The van der Waals surface area contributed by atoms with E-state index in [-0.39, 0.29) is 0 Å². The van der Waals surface area contributed by atoms with Crippen molar-refractivity contribution in [1.82, 2.24) is 0 Å². The summed E-state index contributed by atoms with van der Waals surface area (Å²) in [5.41, 5.74) is 6.51. The number of hydrogen-bond acceptors (Lipinski definition) is 6. The lowest BCUT2D eigenvalue weighted by Crippen LogP contribution is -2.41. The van der Waals surface area contributed by atoms with E-state index < -0.39 is 36.6 Å². The highest BCUT2D eigenvalue weighted by Gasteiger charge is 2.53. The molecule has 0 saturated carbocycles. The van der Waals surface area contributed by atoms with Crippen LogP contribution in [-0.2, 0) is 18.6 Å². The van der Waals surface area contributed by atoms with Gasteiger partial charge >= 0.3 is 14.2 Å². The van der Waals surface area contributed by atoms with Crippen LogP contribution in [0.1, 0.15) is 66.5 Å². The van der Waals surface area contributed by atoms with E-state index in [0.29, 0.717) is 0 Å². The molecular formula is C42H46B2N2O4. The van der Waals surface area contributed by atoms with Gasteiger partial charge in [-0.1, -0.05) is 59.7 Å². The number of rotatable bonds is 6. The summed E-state index contributed by atoms with van der Waals surface area (Å²) in [4.78, 5) is 0. The van der Waals surface area contributed by atoms with E-state index in [2.05, 4.69) is 165 Å². The van der Waals surface area contributed by atoms with Crippen molar-refractivity contribution in [1.29, 1.82) is 0 Å². The van der Waals surface area contributed by atoms with Crippen LogP contribution in [0.3, 0.4) is 0 Å². The fourth-order valence-corrected chi connectivity index (χ4v) is 7.17. The van der Waals surface area contributed by atoms with Crippen LogP contribution in [0.2, 0.25) is 0 Å². The summed E-state index contributed by atoms with van der Waals surface area (Å²) in [6.45, 7) is 21.1. The molecule has 2 N–H and O–H groups in total. The Balaban J connectivity index is 1.42. The summed E-state index contributed by atoms with van der Waals surface area (Å²) < 4.78 is 26.9. The van der Waals surface area contributed by atoms with Crippen LogP contribution < -0.4 is 21.6 Å². The summed E-state index contributed by atoms with van der Waals surface area (Å²) in [5.74, 6) is 0. The van der Waals surface area contributed by atoms with Crippen LogP contribution in [0.25, 0.3) is 32.3 Å². The van der Waals surface area contributed by atoms with Gasteiger partial charge in [-0.25, -0.2) is 0 Å². The van der Waals surface area contributed by atoms with Gasteiger partial charge in [0.1, 0.15) is 0 Å². The van der Waals surface area contributed by atoms with Gasteiger partial charge in [-0.05, 0) is 138 Å². The Bertz CT molecular complexity index is 2070. The highest BCUT2D eigenvalue weighted by atomic mass is 16.7. The van der Waals surface area contributed by atoms with Crippen LogP contribution in [0.15, 0.2) is 84.9 Å². The number of hydrogen-bond donors (Lipinski definition) is 2. The number of nitrogens with one attached hydrogen (secondary N) is 2. The minimum absolute atomic E-state index is 0.485. The summed E-state index contributed by atoms with van der Waals surface area (Å²) in [6, 6.07) is 30.4. The maximum atomic E-state index is 6.72. The van der Waals surface area contributed by atoms with E-state index in [1.54, 1.807) is 0 Å². The van der Waals surface area contributed by atoms with Crippen LogP contribution in [0.5, 0.6) is 0 Å². The van der Waals surface area contributed by atoms with Crippen molar-refractivity contribution in [2.45, 2.75) is 91.6 Å². The Hall–Kier alpha value is -4.07. The van der Waals surface area contributed by atoms with Gasteiger partial charge in [0.05, 0.1) is 22.4 Å². The molecular weight excluding hydrogens is 618 g/mol. The zero-order valence-electron chi connectivity index (χ0n) is 30.9. The van der Waals surface area contributed by atoms with Gasteiger partial charge in [-0.3, -0.25) is 0 Å². The maximum absolute atomic E-state index is 6.72. The Labute approximate surface area is 296 Å². The lowest BCUT2D eigenvalue weighted by Gasteiger charge is -2.32. The van der Waals surface area contributed by atoms with E-state index in [1.165, 1.54) is 11.1 Å². The van der Waals surface area contributed by atoms with Gasteiger partial charge < -0.3 is 29.3 Å². The lowest BCUT2D eigenvalue weighted by atomic mass is 9.71. The molecule has 8 rings (SSSR count). The smallest absolute Gasteiger partial charge is 0.399 e. The predicted octanol–water partition coefficient (Wildman–Crippen LogP) is 9.29. The zero-order valence-corrected chi connectivity index (χ0v) is 30.9. The second-order valence-electron chi connectivity index (χ2n) is 16.3. The first-order valence-electron chi connectivity index (χ1n) is 17.7. The molecule has 6 nitrogen and oxygen atoms in total. The third-order valence-electron chi connectivity index (χ3n) is 11.6. The summed E-state index contributed by atoms with van der Waals surface area (Å²) >= 11 is 0. The normalized spacial score (nSPS) is 19.2. The highest BCUT2D eigenvalue weighted by molar-refractivity contribution is 6.68. The highest BCUT2D eigenvalue weighted by Crippen LogP contribution is 2.44. The third-order valence-corrected chi connectivity index (χ3v) is 11.6. The first-order valence-corrected chi connectivity index (χ1v) is 17.7. The molecule has 0 bridgehead atoms. The molecule has 2 heterocycles. The van der Waals surface area contributed by atoms with Crippen LogP contribution in [0, 0.1) is 13.8 Å². The topological polar surface area (TPSA) is 61.0 Å². The minimum Gasteiger partial charge on any atom is -0.399 e. The van der Waals surface area contributed by atoms with E-state index in [1.807, 2.05) is 0 Å². The Morgan fingerprint density at radius 1 is 0.420 bits per heavy atom. The van der Waals surface area contributed by atoms with Crippen LogP contribution in [0.4, 0.5) is 22.7 Å². The van der Waals surface area contributed by atoms with E-state index in [0.717, 1.165) is 66.0 Å². The molecule has 254 valence electrons. The molecule has 0 aromatic heterocycles. The third kappa shape index (κ3) is 5.27. The molecule has 2 aliphatic heterocycles. The van der Waals surface area contributed by atoms with Crippen molar-refractivity contribution in [3.63, 3.8) is 0 Å². The number of aryl methyl sites for hydroxylation is 2. The fourth-order valence-electron chi connectivity index (χ4n) is 7.17. The van der Waals surface area contributed by atoms with Gasteiger partial charge in [0.15, 0.2) is 0 Å². The average Bonchev–Trinajstić information content (AvgIpc) is 3.41. The molecule has 8 heteroatoms. The summed E-state index contributed by atoms with van der Waals surface area (Å²) in [7, 11) is -1.09. The largest absolute Gasteiger partial charge is 0.495 e. The number of anilines is 4. The van der Waals surface area contributed by atoms with E-state index in [9.17, 15) is 0 Å². The molecule has 6 aromatic rings. The predicted molar refractivity (Wildman–Crippen MR) is 211 cm³/mol. The van der Waals surface area contributed by atoms with Crippen LogP contribution >= 0.6 is 0 Å². The van der Waals surface area contributed by atoms with Gasteiger partial charge in [0.2, 0.25) is 0 Å². The van der Waals surface area contributed by atoms with Gasteiger partial charge in [0, 0.05) is 33.5 Å². The molecule has 6 aromatic carbocycles. The zero-order chi connectivity index (χ0) is 35.4. The second-order valence-corrected chi connectivity index (χ2v) is 16.3. The molecule has 2 saturated heterocycles. The second kappa shape index (κ2) is 11.2. The fraction of sp³-hybridized carbons (Fsp3) is 0.333. The lowest BCUT2D eigenvalue weighted by molar-refractivity contribution is 0.00578. The van der Waals surface area contributed by atoms with E-state index in [4.69, 9.17) is 18.6 Å². The Kier molecular flexibility index (Phi) is 7.42. The summed E-state index contributed by atoms with van der Waals surface area (Å²) in [5, 5.41) is 14.2. The molecule has 0 unspecified atom stereocenters. The molecule has 0 radical (unpaired) electrons. The standard InChI is InChI=1S/C42H46B2N2O4/c1-25-11-15-27(16-12-25)45-35-23-33(43-47-39(3,4)40(5,6)48-43)29-20-22-32-36(46-28-17-13-26(2)14-18-28)24-34(30-19-21-31(35)37(29)38(30)32)44-49-41(7,8)42(9,10)50-44/h11-24,45-46H,1-10H3. The molecule has 0 aliphatic carbocycles. The van der Waals surface area contributed by atoms with E-state index >= 15 is 0 Å². The summed E-state index contributed by atoms with van der Waals surface area (Å²) in [6.07, 6.45) is 0. The van der Waals surface area contributed by atoms with Crippen molar-refractivity contribution in [2.75, 3.05) is 10.6 Å². The molecule has 0 spiro atoms. The Morgan fingerprint density at radius 2 is 0.720 bits per heavy atom. The monoisotopic (exact) mass is 664 g/mol. The van der Waals surface area contributed by atoms with Gasteiger partial charge in [0.25, 0.3) is 0 Å². The Morgan fingerprint density at radius 3 is 1.04 bits per heavy atom. The van der Waals surface area contributed by atoms with Crippen molar-refractivity contribution >= 4 is 80.2 Å². The molecule has 2 aliphatic rings. The van der Waals surface area contributed by atoms with Gasteiger partial charge in [-0.15, -0.1) is 0 Å². The quantitative estimate of drug-likeness (QED) is 0.137. The molecule has 2 fully saturated rings. The SMILES string of the molecule is Cc1ccc(Nc2cc(B3OC(C)(C)C(C)(C)O3)c3ccc4c(Nc5ccc(C)cc5)cc(B5OC(C)(C)C(C)(C)O5)c5ccc2c3c45)cc1. The molecule has 50 heavy (non-hydrogen) atoms. The first-order chi connectivity index (χ1) is 23.5. The van der Waals surface area contributed by atoms with Crippen molar-refractivity contribution in [3.8, 4) is 0 Å². The minimum atomic E-state index is -0.546. The molecule has 0 atom stereocenters. The number of benzene rings is 6. The van der Waals surface area contributed by atoms with Crippen molar-refractivity contribution in [2.24, 2.45) is 0 Å². The van der Waals surface area contributed by atoms with Crippen LogP contribution in [-0.4, -0.2) is 36.6 Å². The maximum Gasteiger partial charge on any atom is 0.495 e. The van der Waals surface area contributed by atoms with Crippen molar-refractivity contribution in [3.05, 3.63) is 96.1 Å². The first kappa shape index (κ1) is 33.1.